The summed E-state index contributed by atoms with van der Waals surface area (Å²) in [5.74, 6) is 0.291. The molecule has 1 aliphatic carbocycles. The summed E-state index contributed by atoms with van der Waals surface area (Å²) < 4.78 is 5.31. The Morgan fingerprint density at radius 2 is 1.78 bits per heavy atom. The molecule has 5 nitrogen and oxygen atoms in total. The van der Waals surface area contributed by atoms with E-state index in [-0.39, 0.29) is 11.7 Å². The van der Waals surface area contributed by atoms with Gasteiger partial charge in [0.2, 0.25) is 0 Å². The summed E-state index contributed by atoms with van der Waals surface area (Å²) >= 11 is 1.32. The molecule has 1 N–H and O–H groups in total. The predicted octanol–water partition coefficient (Wildman–Crippen LogP) is 4.87. The van der Waals surface area contributed by atoms with Gasteiger partial charge in [-0.3, -0.25) is 14.9 Å². The average Bonchev–Trinajstić information content (AvgIpc) is 3.43. The highest BCUT2D eigenvalue weighted by Crippen LogP contribution is 2.36. The Morgan fingerprint density at radius 1 is 0.963 bits per heavy atom. The van der Waals surface area contributed by atoms with E-state index in [1.807, 2.05) is 41.8 Å². The normalized spacial score (nSPS) is 11.9. The monoisotopic (exact) mass is 372 g/mol. The molecule has 0 spiro atoms. The molecule has 130 valence electrons. The van der Waals surface area contributed by atoms with Gasteiger partial charge in [-0.05, 0) is 35.4 Å². The zero-order chi connectivity index (χ0) is 18.4. The molecule has 0 radical (unpaired) electrons. The van der Waals surface area contributed by atoms with Crippen molar-refractivity contribution in [1.82, 2.24) is 4.98 Å². The molecule has 5 rings (SSSR count). The number of thiazole rings is 1. The number of fused-ring (bicyclic) bond motifs is 3. The summed E-state index contributed by atoms with van der Waals surface area (Å²) in [6.07, 6.45) is 1.58. The van der Waals surface area contributed by atoms with Crippen LogP contribution in [0.1, 0.15) is 26.3 Å². The topological polar surface area (TPSA) is 72.2 Å². The Labute approximate surface area is 158 Å². The van der Waals surface area contributed by atoms with Crippen molar-refractivity contribution < 1.29 is 14.0 Å². The number of aromatic nitrogens is 1. The lowest BCUT2D eigenvalue weighted by Gasteiger charge is -2.04. The number of benzene rings is 2. The minimum atomic E-state index is -0.304. The second-order valence-electron chi connectivity index (χ2n) is 6.10. The van der Waals surface area contributed by atoms with E-state index in [2.05, 4.69) is 10.3 Å². The van der Waals surface area contributed by atoms with Crippen LogP contribution in [0.5, 0.6) is 0 Å². The lowest BCUT2D eigenvalue weighted by atomic mass is 10.0. The van der Waals surface area contributed by atoms with Gasteiger partial charge in [0.15, 0.2) is 16.7 Å². The molecular formula is C21H12N2O3S. The van der Waals surface area contributed by atoms with Gasteiger partial charge in [-0.25, -0.2) is 4.98 Å². The fourth-order valence-corrected chi connectivity index (χ4v) is 3.90. The minimum absolute atomic E-state index is 0.0513. The molecule has 2 heterocycles. The molecule has 1 amide bonds. The summed E-state index contributed by atoms with van der Waals surface area (Å²) in [5, 5.41) is 5.07. The van der Waals surface area contributed by atoms with E-state index in [1.54, 1.807) is 24.5 Å². The van der Waals surface area contributed by atoms with Crippen LogP contribution in [0.4, 0.5) is 5.13 Å². The van der Waals surface area contributed by atoms with Crippen LogP contribution >= 0.6 is 11.3 Å². The molecule has 1 aliphatic rings. The van der Waals surface area contributed by atoms with Crippen molar-refractivity contribution in [3.05, 3.63) is 82.9 Å². The van der Waals surface area contributed by atoms with Gasteiger partial charge in [0.25, 0.3) is 5.91 Å². The lowest BCUT2D eigenvalue weighted by molar-refractivity contribution is 0.102. The molecule has 2 aromatic heterocycles. The first-order valence-electron chi connectivity index (χ1n) is 8.29. The highest BCUT2D eigenvalue weighted by molar-refractivity contribution is 7.14. The predicted molar refractivity (Wildman–Crippen MR) is 103 cm³/mol. The molecule has 0 bridgehead atoms. The third-order valence-electron chi connectivity index (χ3n) is 4.49. The summed E-state index contributed by atoms with van der Waals surface area (Å²) in [7, 11) is 0. The van der Waals surface area contributed by atoms with E-state index in [9.17, 15) is 9.59 Å². The quantitative estimate of drug-likeness (QED) is 0.491. The second kappa shape index (κ2) is 6.03. The smallest absolute Gasteiger partial charge is 0.257 e. The lowest BCUT2D eigenvalue weighted by Crippen LogP contribution is -2.12. The van der Waals surface area contributed by atoms with Crippen molar-refractivity contribution in [1.29, 1.82) is 0 Å². The highest BCUT2D eigenvalue weighted by atomic mass is 32.1. The van der Waals surface area contributed by atoms with Gasteiger partial charge >= 0.3 is 0 Å². The number of amides is 1. The maximum absolute atomic E-state index is 12.6. The number of nitrogens with one attached hydrogen (secondary N) is 1. The van der Waals surface area contributed by atoms with Gasteiger partial charge in [-0.1, -0.05) is 30.3 Å². The van der Waals surface area contributed by atoms with Crippen LogP contribution in [-0.2, 0) is 0 Å². The van der Waals surface area contributed by atoms with Gasteiger partial charge in [0.05, 0.1) is 6.26 Å². The molecule has 0 atom stereocenters. The molecule has 6 heteroatoms. The standard InChI is InChI=1S/C21H12N2O3S/c24-19-15-5-2-1-4-13(15)14-8-7-12(10-16(14)19)20(25)23-21-22-17(11-27-21)18-6-3-9-26-18/h1-11H,(H,22,23,25). The number of nitrogens with zero attached hydrogens (tertiary/aromatic N) is 1. The van der Waals surface area contributed by atoms with E-state index in [0.29, 0.717) is 33.3 Å². The van der Waals surface area contributed by atoms with E-state index in [4.69, 9.17) is 4.42 Å². The van der Waals surface area contributed by atoms with Crippen LogP contribution in [0.25, 0.3) is 22.6 Å². The number of carbonyl (C=O) groups excluding carboxylic acids is 2. The maximum Gasteiger partial charge on any atom is 0.257 e. The van der Waals surface area contributed by atoms with Crippen LogP contribution in [0.2, 0.25) is 0 Å². The molecule has 0 aliphatic heterocycles. The Bertz CT molecular complexity index is 1190. The van der Waals surface area contributed by atoms with Crippen molar-refractivity contribution in [2.45, 2.75) is 0 Å². The van der Waals surface area contributed by atoms with Crippen molar-refractivity contribution in [2.24, 2.45) is 0 Å². The third kappa shape index (κ3) is 2.58. The first-order valence-corrected chi connectivity index (χ1v) is 9.17. The summed E-state index contributed by atoms with van der Waals surface area (Å²) in [6, 6.07) is 16.3. The van der Waals surface area contributed by atoms with Crippen LogP contribution in [0.15, 0.2) is 70.7 Å². The molecule has 0 fully saturated rings. The molecule has 0 saturated heterocycles. The molecular weight excluding hydrogens is 360 g/mol. The first-order chi connectivity index (χ1) is 13.2. The van der Waals surface area contributed by atoms with Gasteiger partial charge in [-0.15, -0.1) is 11.3 Å². The Balaban J connectivity index is 1.42. The Kier molecular flexibility index (Phi) is 3.51. The Morgan fingerprint density at radius 3 is 2.59 bits per heavy atom. The Hall–Kier alpha value is -3.51. The average molecular weight is 372 g/mol. The highest BCUT2D eigenvalue weighted by Gasteiger charge is 2.27. The van der Waals surface area contributed by atoms with E-state index in [1.165, 1.54) is 11.3 Å². The summed E-state index contributed by atoms with van der Waals surface area (Å²) in [6.45, 7) is 0. The van der Waals surface area contributed by atoms with E-state index >= 15 is 0 Å². The maximum atomic E-state index is 12.6. The fraction of sp³-hybridized carbons (Fsp3) is 0. The van der Waals surface area contributed by atoms with Crippen molar-refractivity contribution in [2.75, 3.05) is 5.32 Å². The molecule has 0 unspecified atom stereocenters. The number of hydrogen-bond acceptors (Lipinski definition) is 5. The van der Waals surface area contributed by atoms with Gasteiger partial charge in [0, 0.05) is 22.1 Å². The van der Waals surface area contributed by atoms with Crippen molar-refractivity contribution in [3.63, 3.8) is 0 Å². The third-order valence-corrected chi connectivity index (χ3v) is 5.24. The number of hydrogen-bond donors (Lipinski definition) is 1. The number of ketones is 1. The number of rotatable bonds is 3. The molecule has 2 aromatic carbocycles. The van der Waals surface area contributed by atoms with Gasteiger partial charge in [-0.2, -0.15) is 0 Å². The van der Waals surface area contributed by atoms with Gasteiger partial charge in [0.1, 0.15) is 5.69 Å². The van der Waals surface area contributed by atoms with Crippen LogP contribution in [0, 0.1) is 0 Å². The molecule has 4 aromatic rings. The first kappa shape index (κ1) is 15.7. The minimum Gasteiger partial charge on any atom is -0.463 e. The largest absolute Gasteiger partial charge is 0.463 e. The van der Waals surface area contributed by atoms with Gasteiger partial charge < -0.3 is 4.42 Å². The zero-order valence-corrected chi connectivity index (χ0v) is 14.7. The molecule has 0 saturated carbocycles. The molecule has 27 heavy (non-hydrogen) atoms. The van der Waals surface area contributed by atoms with Crippen LogP contribution in [0.3, 0.4) is 0 Å². The summed E-state index contributed by atoms with van der Waals surface area (Å²) in [5.41, 5.74) is 4.09. The second-order valence-corrected chi connectivity index (χ2v) is 6.96. The zero-order valence-electron chi connectivity index (χ0n) is 13.9. The number of carbonyl (C=O) groups is 2. The number of furan rings is 1. The van der Waals surface area contributed by atoms with E-state index < -0.39 is 0 Å². The number of anilines is 1. The van der Waals surface area contributed by atoms with Crippen LogP contribution in [-0.4, -0.2) is 16.7 Å². The SMILES string of the molecule is O=C(Nc1nc(-c2ccco2)cs1)c1ccc2c(c1)C(=O)c1ccccc1-2. The van der Waals surface area contributed by atoms with Crippen LogP contribution < -0.4 is 5.32 Å². The van der Waals surface area contributed by atoms with Crippen molar-refractivity contribution in [3.8, 4) is 22.6 Å². The summed E-state index contributed by atoms with van der Waals surface area (Å²) in [4.78, 5) is 29.6. The van der Waals surface area contributed by atoms with Crippen molar-refractivity contribution >= 4 is 28.2 Å². The van der Waals surface area contributed by atoms with E-state index in [0.717, 1.165) is 11.1 Å². The fourth-order valence-electron chi connectivity index (χ4n) is 3.21.